The summed E-state index contributed by atoms with van der Waals surface area (Å²) >= 11 is 4.10. The number of hydrogen-bond acceptors (Lipinski definition) is 2. The first-order valence-electron chi connectivity index (χ1n) is 5.62. The van der Waals surface area contributed by atoms with Gasteiger partial charge >= 0.3 is 0 Å². The molecule has 1 nitrogen and oxygen atoms in total. The molecule has 0 aliphatic heterocycles. The largest absolute Gasteiger partial charge is 0.324 e. The van der Waals surface area contributed by atoms with E-state index in [1.807, 2.05) is 0 Å². The van der Waals surface area contributed by atoms with Gasteiger partial charge < -0.3 is 5.73 Å². The highest BCUT2D eigenvalue weighted by Crippen LogP contribution is 2.24. The Bertz CT molecular complexity index is 519. The van der Waals surface area contributed by atoms with E-state index in [-0.39, 0.29) is 6.04 Å². The van der Waals surface area contributed by atoms with Crippen LogP contribution in [0.25, 0.3) is 0 Å². The minimum atomic E-state index is 0.107. The number of hydrogen-bond donors (Lipinski definition) is 1. The Morgan fingerprint density at radius 1 is 1.29 bits per heavy atom. The van der Waals surface area contributed by atoms with Crippen LogP contribution >= 0.6 is 33.9 Å². The lowest BCUT2D eigenvalue weighted by Gasteiger charge is -2.13. The number of nitrogens with two attached hydrogens (primary N) is 1. The summed E-state index contributed by atoms with van der Waals surface area (Å²) in [6.45, 7) is 4.28. The van der Waals surface area contributed by atoms with E-state index in [0.717, 1.165) is 6.42 Å². The Morgan fingerprint density at radius 3 is 2.71 bits per heavy atom. The highest BCUT2D eigenvalue weighted by Gasteiger charge is 2.10. The second-order valence-corrected chi connectivity index (χ2v) is 7.23. The minimum Gasteiger partial charge on any atom is -0.324 e. The minimum absolute atomic E-state index is 0.107. The van der Waals surface area contributed by atoms with Crippen molar-refractivity contribution in [2.75, 3.05) is 0 Å². The van der Waals surface area contributed by atoms with Gasteiger partial charge in [-0.25, -0.2) is 0 Å². The van der Waals surface area contributed by atoms with Gasteiger partial charge in [0.15, 0.2) is 0 Å². The number of halogens is 1. The maximum atomic E-state index is 6.26. The van der Waals surface area contributed by atoms with Crippen molar-refractivity contribution >= 4 is 33.9 Å². The van der Waals surface area contributed by atoms with Crippen molar-refractivity contribution in [3.05, 3.63) is 54.8 Å². The molecular weight excluding hydrogens is 341 g/mol. The first-order valence-corrected chi connectivity index (χ1v) is 7.58. The Morgan fingerprint density at radius 2 is 2.06 bits per heavy atom. The number of thiophene rings is 1. The van der Waals surface area contributed by atoms with Gasteiger partial charge in [0, 0.05) is 6.04 Å². The zero-order valence-electron chi connectivity index (χ0n) is 10.0. The third-order valence-electron chi connectivity index (χ3n) is 2.96. The average molecular weight is 357 g/mol. The van der Waals surface area contributed by atoms with Gasteiger partial charge in [-0.3, -0.25) is 0 Å². The number of benzene rings is 1. The molecule has 1 atom stereocenters. The van der Waals surface area contributed by atoms with E-state index in [9.17, 15) is 0 Å². The van der Waals surface area contributed by atoms with E-state index < -0.39 is 0 Å². The quantitative estimate of drug-likeness (QED) is 0.819. The van der Waals surface area contributed by atoms with Gasteiger partial charge in [-0.15, -0.1) is 11.3 Å². The lowest BCUT2D eigenvalue weighted by molar-refractivity contribution is 0.721. The SMILES string of the molecule is Cc1ccc(C)c(CC(N)c2csc(I)c2)c1. The molecule has 0 saturated carbocycles. The van der Waals surface area contributed by atoms with Gasteiger partial charge in [-0.05, 0) is 71.0 Å². The predicted molar refractivity (Wildman–Crippen MR) is 83.6 cm³/mol. The molecule has 1 unspecified atom stereocenters. The van der Waals surface area contributed by atoms with Crippen molar-refractivity contribution in [3.63, 3.8) is 0 Å². The molecule has 0 amide bonds. The fourth-order valence-electron chi connectivity index (χ4n) is 1.89. The molecule has 0 saturated heterocycles. The molecule has 0 spiro atoms. The maximum Gasteiger partial charge on any atom is 0.0656 e. The van der Waals surface area contributed by atoms with E-state index in [1.54, 1.807) is 11.3 Å². The lowest BCUT2D eigenvalue weighted by atomic mass is 9.97. The summed E-state index contributed by atoms with van der Waals surface area (Å²) in [7, 11) is 0. The van der Waals surface area contributed by atoms with Crippen LogP contribution in [-0.2, 0) is 6.42 Å². The van der Waals surface area contributed by atoms with Gasteiger partial charge in [0.1, 0.15) is 0 Å². The zero-order chi connectivity index (χ0) is 12.4. The molecule has 1 aromatic heterocycles. The van der Waals surface area contributed by atoms with Gasteiger partial charge in [0.25, 0.3) is 0 Å². The third-order valence-corrected chi connectivity index (χ3v) is 4.77. The molecule has 3 heteroatoms. The Labute approximate surface area is 120 Å². The van der Waals surface area contributed by atoms with Gasteiger partial charge in [-0.1, -0.05) is 23.8 Å². The van der Waals surface area contributed by atoms with E-state index in [0.29, 0.717) is 0 Å². The van der Waals surface area contributed by atoms with Crippen LogP contribution in [0.1, 0.15) is 28.3 Å². The fourth-order valence-corrected chi connectivity index (χ4v) is 3.33. The standard InChI is InChI=1S/C14H16INS/c1-9-3-4-10(2)11(5-9)6-13(16)12-7-14(15)17-8-12/h3-5,7-8,13H,6,16H2,1-2H3. The van der Waals surface area contributed by atoms with E-state index in [1.165, 1.54) is 25.1 Å². The van der Waals surface area contributed by atoms with Crippen molar-refractivity contribution in [1.82, 2.24) is 0 Å². The number of aryl methyl sites for hydroxylation is 2. The number of rotatable bonds is 3. The third kappa shape index (κ3) is 3.30. The first-order chi connectivity index (χ1) is 8.06. The Balaban J connectivity index is 2.18. The van der Waals surface area contributed by atoms with Crippen LogP contribution in [0, 0.1) is 16.7 Å². The molecule has 2 rings (SSSR count). The van der Waals surface area contributed by atoms with Crippen LogP contribution in [0.2, 0.25) is 0 Å². The van der Waals surface area contributed by atoms with Gasteiger partial charge in [-0.2, -0.15) is 0 Å². The summed E-state index contributed by atoms with van der Waals surface area (Å²) in [5, 5.41) is 2.16. The smallest absolute Gasteiger partial charge is 0.0656 e. The molecular formula is C14H16INS. The summed E-state index contributed by atoms with van der Waals surface area (Å²) in [6, 6.07) is 8.86. The zero-order valence-corrected chi connectivity index (χ0v) is 13.0. The Hall–Kier alpha value is -0.390. The highest BCUT2D eigenvalue weighted by molar-refractivity contribution is 14.1. The van der Waals surface area contributed by atoms with Crippen molar-refractivity contribution in [2.24, 2.45) is 5.73 Å². The molecule has 1 heterocycles. The predicted octanol–water partition coefficient (Wildman–Crippen LogP) is 4.21. The molecule has 90 valence electrons. The van der Waals surface area contributed by atoms with Crippen molar-refractivity contribution in [3.8, 4) is 0 Å². The molecule has 2 aromatic rings. The summed E-state index contributed by atoms with van der Waals surface area (Å²) < 4.78 is 1.30. The van der Waals surface area contributed by atoms with Crippen LogP contribution in [0.5, 0.6) is 0 Å². The first kappa shape index (κ1) is 13.1. The summed E-state index contributed by atoms with van der Waals surface area (Å²) in [5.74, 6) is 0. The van der Waals surface area contributed by atoms with Crippen LogP contribution in [0.4, 0.5) is 0 Å². The topological polar surface area (TPSA) is 26.0 Å². The molecule has 0 aliphatic carbocycles. The summed E-state index contributed by atoms with van der Waals surface area (Å²) in [5.41, 5.74) is 11.5. The van der Waals surface area contributed by atoms with Crippen LogP contribution < -0.4 is 5.73 Å². The molecule has 17 heavy (non-hydrogen) atoms. The van der Waals surface area contributed by atoms with Crippen LogP contribution in [0.3, 0.4) is 0 Å². The molecule has 0 aliphatic rings. The maximum absolute atomic E-state index is 6.26. The average Bonchev–Trinajstić information content (AvgIpc) is 2.70. The van der Waals surface area contributed by atoms with Gasteiger partial charge in [0.2, 0.25) is 0 Å². The van der Waals surface area contributed by atoms with E-state index >= 15 is 0 Å². The van der Waals surface area contributed by atoms with Gasteiger partial charge in [0.05, 0.1) is 2.88 Å². The fraction of sp³-hybridized carbons (Fsp3) is 0.286. The van der Waals surface area contributed by atoms with E-state index in [2.05, 4.69) is 66.1 Å². The van der Waals surface area contributed by atoms with Crippen LogP contribution in [0.15, 0.2) is 29.6 Å². The van der Waals surface area contributed by atoms with Crippen molar-refractivity contribution in [1.29, 1.82) is 0 Å². The molecule has 1 aromatic carbocycles. The summed E-state index contributed by atoms with van der Waals surface area (Å²) in [4.78, 5) is 0. The second-order valence-electron chi connectivity index (χ2n) is 4.42. The van der Waals surface area contributed by atoms with Crippen molar-refractivity contribution in [2.45, 2.75) is 26.3 Å². The molecule has 0 radical (unpaired) electrons. The highest BCUT2D eigenvalue weighted by atomic mass is 127. The van der Waals surface area contributed by atoms with Crippen molar-refractivity contribution < 1.29 is 0 Å². The second kappa shape index (κ2) is 5.50. The van der Waals surface area contributed by atoms with E-state index in [4.69, 9.17) is 5.73 Å². The molecule has 2 N–H and O–H groups in total. The Kier molecular flexibility index (Phi) is 4.22. The monoisotopic (exact) mass is 357 g/mol. The molecule has 0 fully saturated rings. The lowest BCUT2D eigenvalue weighted by Crippen LogP contribution is -2.13. The normalized spacial score (nSPS) is 12.7. The van der Waals surface area contributed by atoms with Crippen LogP contribution in [-0.4, -0.2) is 0 Å². The summed E-state index contributed by atoms with van der Waals surface area (Å²) in [6.07, 6.45) is 0.917. The molecule has 0 bridgehead atoms.